The Labute approximate surface area is 184 Å². The number of amides is 3. The van der Waals surface area contributed by atoms with Crippen molar-refractivity contribution in [2.75, 3.05) is 13.3 Å². The van der Waals surface area contributed by atoms with Gasteiger partial charge in [-0.1, -0.05) is 25.1 Å². The van der Waals surface area contributed by atoms with Gasteiger partial charge < -0.3 is 19.1 Å². The summed E-state index contributed by atoms with van der Waals surface area (Å²) in [5.41, 5.74) is 0.542. The number of nitrogens with one attached hydrogen (secondary N) is 1. The molecule has 0 spiro atoms. The molecule has 0 radical (unpaired) electrons. The number of piperidine rings is 1. The van der Waals surface area contributed by atoms with Crippen molar-refractivity contribution in [3.05, 3.63) is 35.4 Å². The summed E-state index contributed by atoms with van der Waals surface area (Å²) < 4.78 is 38.6. The highest BCUT2D eigenvalue weighted by Crippen LogP contribution is 2.31. The summed E-state index contributed by atoms with van der Waals surface area (Å²) >= 11 is 0. The van der Waals surface area contributed by atoms with Crippen molar-refractivity contribution in [1.82, 2.24) is 15.3 Å². The number of urea groups is 1. The maximum absolute atomic E-state index is 12.7. The van der Waals surface area contributed by atoms with Crippen LogP contribution in [0.15, 0.2) is 24.3 Å². The van der Waals surface area contributed by atoms with Crippen LogP contribution in [0.3, 0.4) is 0 Å². The van der Waals surface area contributed by atoms with Crippen molar-refractivity contribution in [2.24, 2.45) is 0 Å². The van der Waals surface area contributed by atoms with Crippen molar-refractivity contribution in [2.45, 2.75) is 45.2 Å². The normalized spacial score (nSPS) is 20.1. The van der Waals surface area contributed by atoms with Crippen LogP contribution in [0, 0.1) is 6.92 Å². The summed E-state index contributed by atoms with van der Waals surface area (Å²) in [7, 11) is -4.89. The molecule has 2 aliphatic heterocycles. The minimum atomic E-state index is -4.89. The molecule has 12 nitrogen and oxygen atoms in total. The van der Waals surface area contributed by atoms with Crippen molar-refractivity contribution in [1.29, 1.82) is 0 Å². The monoisotopic (exact) mass is 469 g/mol. The summed E-state index contributed by atoms with van der Waals surface area (Å²) in [4.78, 5) is 49.6. The molecule has 0 aliphatic carbocycles. The minimum absolute atomic E-state index is 0.0374. The zero-order valence-corrected chi connectivity index (χ0v) is 18.3. The van der Waals surface area contributed by atoms with Crippen LogP contribution in [0.25, 0.3) is 0 Å². The van der Waals surface area contributed by atoms with E-state index >= 15 is 0 Å². The van der Waals surface area contributed by atoms with Gasteiger partial charge in [0.25, 0.3) is 0 Å². The van der Waals surface area contributed by atoms with Crippen LogP contribution in [-0.2, 0) is 33.2 Å². The topological polar surface area (TPSA) is 149 Å². The van der Waals surface area contributed by atoms with Crippen molar-refractivity contribution >= 4 is 34.3 Å². The summed E-state index contributed by atoms with van der Waals surface area (Å²) in [5.74, 6) is -2.18. The van der Waals surface area contributed by atoms with Gasteiger partial charge in [0.05, 0.1) is 11.6 Å². The lowest BCUT2D eigenvalue weighted by atomic mass is 10.0. The largest absolute Gasteiger partial charge is 0.473 e. The molecule has 3 amide bonds. The van der Waals surface area contributed by atoms with E-state index in [1.807, 2.05) is 0 Å². The minimum Gasteiger partial charge on any atom is -0.444 e. The number of hydroxylamine groups is 2. The van der Waals surface area contributed by atoms with E-state index < -0.39 is 46.4 Å². The number of esters is 1. The van der Waals surface area contributed by atoms with Crippen LogP contribution in [0.5, 0.6) is 0 Å². The number of carbonyl (C=O) groups excluding carboxylic acids is 4. The van der Waals surface area contributed by atoms with Gasteiger partial charge in [-0.05, 0) is 31.4 Å². The molecule has 2 saturated heterocycles. The summed E-state index contributed by atoms with van der Waals surface area (Å²) in [6, 6.07) is 3.85. The molecule has 0 unspecified atom stereocenters. The Kier molecular flexibility index (Phi) is 6.99. The highest BCUT2D eigenvalue weighted by atomic mass is 32.3. The van der Waals surface area contributed by atoms with E-state index in [1.165, 1.54) is 6.07 Å². The smallest absolute Gasteiger partial charge is 0.444 e. The Morgan fingerprint density at radius 1 is 1.19 bits per heavy atom. The fraction of sp³-hybridized carbons (Fsp3) is 0.474. The lowest BCUT2D eigenvalue weighted by Crippen LogP contribution is -2.50. The number of aryl methyl sites for hydroxylation is 1. The molecule has 2 atom stereocenters. The molecular weight excluding hydrogens is 446 g/mol. The Hall–Kier alpha value is -3.19. The van der Waals surface area contributed by atoms with Crippen LogP contribution < -0.4 is 5.32 Å². The predicted molar refractivity (Wildman–Crippen MR) is 107 cm³/mol. The predicted octanol–water partition coefficient (Wildman–Crippen LogP) is 0.624. The Morgan fingerprint density at radius 3 is 2.59 bits per heavy atom. The van der Waals surface area contributed by atoms with Gasteiger partial charge in [-0.3, -0.25) is 9.59 Å². The number of benzene rings is 1. The zero-order valence-electron chi connectivity index (χ0n) is 17.5. The van der Waals surface area contributed by atoms with Gasteiger partial charge in [0.15, 0.2) is 6.73 Å². The molecule has 32 heavy (non-hydrogen) atoms. The lowest BCUT2D eigenvalue weighted by molar-refractivity contribution is -0.145. The highest BCUT2D eigenvalue weighted by molar-refractivity contribution is 7.82. The van der Waals surface area contributed by atoms with Crippen LogP contribution >= 0.6 is 0 Å². The third-order valence-corrected chi connectivity index (χ3v) is 5.81. The lowest BCUT2D eigenvalue weighted by Gasteiger charge is -2.29. The van der Waals surface area contributed by atoms with Crippen LogP contribution in [0.2, 0.25) is 0 Å². The van der Waals surface area contributed by atoms with Crippen molar-refractivity contribution in [3.8, 4) is 0 Å². The van der Waals surface area contributed by atoms with Gasteiger partial charge in [0, 0.05) is 13.0 Å². The average Bonchev–Trinajstić information content (AvgIpc) is 2.97. The maximum Gasteiger partial charge on any atom is 0.473 e. The number of fused-ring (bicyclic) bond motifs is 2. The van der Waals surface area contributed by atoms with Gasteiger partial charge in [-0.2, -0.15) is 13.5 Å². The second-order valence-corrected chi connectivity index (χ2v) is 8.36. The summed E-state index contributed by atoms with van der Waals surface area (Å²) in [6.07, 6.45) is 0.671. The Balaban J connectivity index is 1.61. The molecule has 2 heterocycles. The zero-order chi connectivity index (χ0) is 23.5. The van der Waals surface area contributed by atoms with Crippen LogP contribution in [0.4, 0.5) is 4.79 Å². The molecule has 0 saturated carbocycles. The second-order valence-electron chi connectivity index (χ2n) is 7.23. The van der Waals surface area contributed by atoms with E-state index in [1.54, 1.807) is 32.0 Å². The van der Waals surface area contributed by atoms with Crippen molar-refractivity contribution < 1.29 is 40.8 Å². The molecule has 2 aliphatic rings. The molecule has 1 N–H and O–H groups in total. The third kappa shape index (κ3) is 5.16. The van der Waals surface area contributed by atoms with Gasteiger partial charge in [-0.25, -0.2) is 9.59 Å². The molecule has 174 valence electrons. The van der Waals surface area contributed by atoms with Crippen LogP contribution in [0.1, 0.15) is 42.1 Å². The molecule has 0 aromatic heterocycles. The molecular formula is C19H23N3O9S. The quantitative estimate of drug-likeness (QED) is 0.427. The third-order valence-electron chi connectivity index (χ3n) is 5.11. The van der Waals surface area contributed by atoms with E-state index in [0.29, 0.717) is 10.6 Å². The number of rotatable bonds is 8. The number of ether oxygens (including phenoxy) is 1. The Morgan fingerprint density at radius 2 is 1.91 bits per heavy atom. The van der Waals surface area contributed by atoms with E-state index in [9.17, 15) is 27.6 Å². The van der Waals surface area contributed by atoms with Gasteiger partial charge >= 0.3 is 28.4 Å². The molecule has 1 aromatic rings. The first-order valence-corrected chi connectivity index (χ1v) is 11.2. The summed E-state index contributed by atoms with van der Waals surface area (Å²) in [5, 5.41) is 3.01. The maximum atomic E-state index is 12.7. The molecule has 13 heteroatoms. The first-order valence-electron chi connectivity index (χ1n) is 9.90. The van der Waals surface area contributed by atoms with Gasteiger partial charge in [0.2, 0.25) is 5.91 Å². The number of hydrogen-bond acceptors (Lipinski definition) is 9. The number of nitrogens with zero attached hydrogens (tertiary/aromatic N) is 2. The SMILES string of the molecule is CCC(=O)OCNC(=O)[C@@H]1CC[C@@H]2CN1C(=O)N2OS(=O)(=O)OC(=O)c1ccccc1C. The van der Waals surface area contributed by atoms with E-state index in [4.69, 9.17) is 9.02 Å². The fourth-order valence-corrected chi connectivity index (χ4v) is 4.15. The fourth-order valence-electron chi connectivity index (χ4n) is 3.46. The van der Waals surface area contributed by atoms with E-state index in [-0.39, 0.29) is 38.1 Å². The highest BCUT2D eigenvalue weighted by Gasteiger charge is 2.49. The van der Waals surface area contributed by atoms with E-state index in [2.05, 4.69) is 9.50 Å². The van der Waals surface area contributed by atoms with Gasteiger partial charge in [-0.15, -0.1) is 4.28 Å². The van der Waals surface area contributed by atoms with E-state index in [0.717, 1.165) is 4.90 Å². The first kappa shape index (κ1) is 23.5. The number of carbonyl (C=O) groups is 4. The van der Waals surface area contributed by atoms with Crippen molar-refractivity contribution in [3.63, 3.8) is 0 Å². The molecule has 2 bridgehead atoms. The second kappa shape index (κ2) is 9.53. The molecule has 2 fully saturated rings. The van der Waals surface area contributed by atoms with Crippen LogP contribution in [-0.4, -0.2) is 67.6 Å². The first-order chi connectivity index (χ1) is 15.1. The average molecular weight is 469 g/mol. The summed E-state index contributed by atoms with van der Waals surface area (Å²) in [6.45, 7) is 2.93. The Bertz CT molecular complexity index is 1030. The standard InChI is InChI=1S/C19H23N3O9S/c1-3-16(23)29-11-20-17(24)15-9-8-13-10-21(15)19(26)22(13)31-32(27,28)30-18(25)14-7-5-4-6-12(14)2/h4-7,13,15H,3,8-11H2,1-2H3,(H,20,24)/t13-,15+/m1/s1. The van der Waals surface area contributed by atoms with Gasteiger partial charge in [0.1, 0.15) is 6.04 Å². The molecule has 1 aromatic carbocycles. The molecule has 3 rings (SSSR count). The number of hydrogen-bond donors (Lipinski definition) is 1.